The van der Waals surface area contributed by atoms with Crippen LogP contribution in [0.25, 0.3) is 22.5 Å². The van der Waals surface area contributed by atoms with Gasteiger partial charge >= 0.3 is 0 Å². The SMILES string of the molecule is c1coc2c(-c3ccoc3)ccc-2c1. The lowest BCUT2D eigenvalue weighted by atomic mass is 10.1. The van der Waals surface area contributed by atoms with Crippen LogP contribution in [0.3, 0.4) is 0 Å². The Morgan fingerprint density at radius 2 is 1.86 bits per heavy atom. The van der Waals surface area contributed by atoms with Crippen LogP contribution < -0.4 is 0 Å². The molecule has 0 unspecified atom stereocenters. The van der Waals surface area contributed by atoms with Gasteiger partial charge in [-0.1, -0.05) is 6.07 Å². The van der Waals surface area contributed by atoms with Gasteiger partial charge in [-0.3, -0.25) is 0 Å². The van der Waals surface area contributed by atoms with Gasteiger partial charge in [-0.2, -0.15) is 0 Å². The molecule has 0 aromatic carbocycles. The van der Waals surface area contributed by atoms with E-state index >= 15 is 0 Å². The van der Waals surface area contributed by atoms with Crippen molar-refractivity contribution in [3.8, 4) is 22.5 Å². The minimum atomic E-state index is 0.911. The Labute approximate surface area is 81.1 Å². The quantitative estimate of drug-likeness (QED) is 0.577. The van der Waals surface area contributed by atoms with Gasteiger partial charge in [0.2, 0.25) is 0 Å². The number of rotatable bonds is 1. The molecule has 0 fully saturated rings. The summed E-state index contributed by atoms with van der Waals surface area (Å²) in [4.78, 5) is 0. The lowest BCUT2D eigenvalue weighted by Gasteiger charge is -1.99. The van der Waals surface area contributed by atoms with Crippen molar-refractivity contribution in [2.75, 3.05) is 0 Å². The monoisotopic (exact) mass is 184 g/mol. The molecule has 0 saturated carbocycles. The zero-order valence-corrected chi connectivity index (χ0v) is 7.44. The maximum absolute atomic E-state index is 5.46. The van der Waals surface area contributed by atoms with Gasteiger partial charge in [-0.25, -0.2) is 0 Å². The van der Waals surface area contributed by atoms with Crippen LogP contribution in [-0.2, 0) is 0 Å². The Morgan fingerprint density at radius 1 is 0.857 bits per heavy atom. The minimum absolute atomic E-state index is 0.911. The molecule has 0 bridgehead atoms. The van der Waals surface area contributed by atoms with Gasteiger partial charge in [0.25, 0.3) is 0 Å². The summed E-state index contributed by atoms with van der Waals surface area (Å²) < 4.78 is 10.5. The highest BCUT2D eigenvalue weighted by atomic mass is 16.3. The van der Waals surface area contributed by atoms with Gasteiger partial charge in [0, 0.05) is 16.7 Å². The number of fused-ring (bicyclic) bond motifs is 1. The molecule has 2 nitrogen and oxygen atoms in total. The average molecular weight is 184 g/mol. The number of furan rings is 1. The summed E-state index contributed by atoms with van der Waals surface area (Å²) in [6, 6.07) is 9.93. The lowest BCUT2D eigenvalue weighted by Crippen LogP contribution is -1.74. The van der Waals surface area contributed by atoms with E-state index in [1.165, 1.54) is 0 Å². The Bertz CT molecular complexity index is 505. The first-order chi connectivity index (χ1) is 6.95. The van der Waals surface area contributed by atoms with Crippen LogP contribution in [0.2, 0.25) is 0 Å². The van der Waals surface area contributed by atoms with Crippen molar-refractivity contribution in [2.24, 2.45) is 0 Å². The van der Waals surface area contributed by atoms with E-state index in [4.69, 9.17) is 8.83 Å². The van der Waals surface area contributed by atoms with Crippen LogP contribution >= 0.6 is 0 Å². The topological polar surface area (TPSA) is 26.3 Å². The third-order valence-corrected chi connectivity index (χ3v) is 2.31. The number of hydrogen-bond acceptors (Lipinski definition) is 2. The fourth-order valence-corrected chi connectivity index (χ4v) is 1.64. The lowest BCUT2D eigenvalue weighted by molar-refractivity contribution is 0.564. The highest BCUT2D eigenvalue weighted by Gasteiger charge is 2.13. The Hall–Kier alpha value is -1.96. The molecule has 0 radical (unpaired) electrons. The minimum Gasteiger partial charge on any atom is -0.472 e. The highest BCUT2D eigenvalue weighted by molar-refractivity contribution is 5.82. The molecule has 68 valence electrons. The molecule has 0 saturated heterocycles. The van der Waals surface area contributed by atoms with Crippen molar-refractivity contribution in [3.63, 3.8) is 0 Å². The standard InChI is InChI=1S/C12H8O2/c1-2-9-3-4-11(12(9)14-6-1)10-5-7-13-8-10/h1-8H. The Morgan fingerprint density at radius 3 is 2.71 bits per heavy atom. The normalized spacial score (nSPS) is 10.9. The fourth-order valence-electron chi connectivity index (χ4n) is 1.64. The molecule has 0 spiro atoms. The maximum atomic E-state index is 5.46. The van der Waals surface area contributed by atoms with Crippen LogP contribution in [0.1, 0.15) is 0 Å². The highest BCUT2D eigenvalue weighted by Crippen LogP contribution is 2.35. The van der Waals surface area contributed by atoms with Crippen LogP contribution in [0.5, 0.6) is 0 Å². The Kier molecular flexibility index (Phi) is 1.47. The summed E-state index contributed by atoms with van der Waals surface area (Å²) in [6.45, 7) is 0. The molecule has 1 aliphatic heterocycles. The van der Waals surface area contributed by atoms with Crippen molar-refractivity contribution >= 4 is 0 Å². The summed E-state index contributed by atoms with van der Waals surface area (Å²) in [5.74, 6) is 0.911. The molecule has 14 heavy (non-hydrogen) atoms. The first-order valence-electron chi connectivity index (χ1n) is 4.44. The summed E-state index contributed by atoms with van der Waals surface area (Å²) in [5.41, 5.74) is 3.24. The van der Waals surface area contributed by atoms with E-state index in [2.05, 4.69) is 0 Å². The second kappa shape index (κ2) is 2.77. The van der Waals surface area contributed by atoms with Crippen LogP contribution in [-0.4, -0.2) is 0 Å². The predicted octanol–water partition coefficient (Wildman–Crippen LogP) is 3.64. The zero-order valence-electron chi connectivity index (χ0n) is 7.44. The van der Waals surface area contributed by atoms with E-state index in [0.717, 1.165) is 22.5 Å². The molecular formula is C12H8O2. The van der Waals surface area contributed by atoms with E-state index in [9.17, 15) is 0 Å². The van der Waals surface area contributed by atoms with Gasteiger partial charge in [0.1, 0.15) is 5.76 Å². The summed E-state index contributed by atoms with van der Waals surface area (Å²) in [7, 11) is 0. The van der Waals surface area contributed by atoms with E-state index < -0.39 is 0 Å². The average Bonchev–Trinajstić information content (AvgIpc) is 2.85. The summed E-state index contributed by atoms with van der Waals surface area (Å²) in [6.07, 6.45) is 5.07. The number of hydrogen-bond donors (Lipinski definition) is 0. The molecule has 0 atom stereocenters. The predicted molar refractivity (Wildman–Crippen MR) is 53.0 cm³/mol. The summed E-state index contributed by atoms with van der Waals surface area (Å²) >= 11 is 0. The van der Waals surface area contributed by atoms with Gasteiger partial charge in [-0.15, -0.1) is 0 Å². The van der Waals surface area contributed by atoms with E-state index in [1.54, 1.807) is 18.8 Å². The first kappa shape index (κ1) is 7.44. The van der Waals surface area contributed by atoms with E-state index in [0.29, 0.717) is 0 Å². The fraction of sp³-hybridized carbons (Fsp3) is 0. The molecule has 1 aliphatic carbocycles. The van der Waals surface area contributed by atoms with Gasteiger partial charge in [0.15, 0.2) is 0 Å². The van der Waals surface area contributed by atoms with Crippen molar-refractivity contribution < 1.29 is 8.83 Å². The largest absolute Gasteiger partial charge is 0.472 e. The third kappa shape index (κ3) is 0.973. The van der Waals surface area contributed by atoms with Gasteiger partial charge < -0.3 is 8.83 Å². The third-order valence-electron chi connectivity index (χ3n) is 2.31. The van der Waals surface area contributed by atoms with E-state index in [1.807, 2.05) is 30.3 Å². The zero-order chi connectivity index (χ0) is 9.38. The van der Waals surface area contributed by atoms with Crippen LogP contribution in [0.4, 0.5) is 0 Å². The van der Waals surface area contributed by atoms with Gasteiger partial charge in [0.05, 0.1) is 18.8 Å². The van der Waals surface area contributed by atoms with Crippen LogP contribution in [0, 0.1) is 0 Å². The molecule has 2 heterocycles. The first-order valence-corrected chi connectivity index (χ1v) is 4.44. The molecular weight excluding hydrogens is 176 g/mol. The second-order valence-electron chi connectivity index (χ2n) is 3.16. The van der Waals surface area contributed by atoms with Crippen molar-refractivity contribution in [1.29, 1.82) is 0 Å². The van der Waals surface area contributed by atoms with Crippen molar-refractivity contribution in [1.82, 2.24) is 0 Å². The molecule has 0 N–H and O–H groups in total. The molecule has 1 aromatic rings. The molecule has 2 heteroatoms. The van der Waals surface area contributed by atoms with E-state index in [-0.39, 0.29) is 0 Å². The molecule has 3 rings (SSSR count). The Balaban J connectivity index is 2.25. The molecule has 0 amide bonds. The van der Waals surface area contributed by atoms with Crippen LogP contribution in [0.15, 0.2) is 58.0 Å². The summed E-state index contributed by atoms with van der Waals surface area (Å²) in [5, 5.41) is 0. The molecule has 1 aromatic heterocycles. The maximum Gasteiger partial charge on any atom is 0.141 e. The van der Waals surface area contributed by atoms with Crippen molar-refractivity contribution in [3.05, 3.63) is 49.1 Å². The second-order valence-corrected chi connectivity index (χ2v) is 3.16. The van der Waals surface area contributed by atoms with Gasteiger partial charge in [-0.05, 0) is 24.3 Å². The smallest absolute Gasteiger partial charge is 0.141 e. The van der Waals surface area contributed by atoms with Crippen molar-refractivity contribution in [2.45, 2.75) is 0 Å². The molecule has 2 aliphatic rings.